The van der Waals surface area contributed by atoms with E-state index in [-0.39, 0.29) is 11.5 Å². The molecule has 8 heteroatoms. The monoisotopic (exact) mass is 384 g/mol. The Hall–Kier alpha value is -2.27. The van der Waals surface area contributed by atoms with Crippen LogP contribution in [0.4, 0.5) is 13.2 Å². The van der Waals surface area contributed by atoms with Gasteiger partial charge in [-0.05, 0) is 5.04 Å². The van der Waals surface area contributed by atoms with Crippen LogP contribution in [0.2, 0.25) is 18.1 Å². The predicted molar refractivity (Wildman–Crippen MR) is 96.4 cm³/mol. The topological polar surface area (TPSA) is 72.2 Å². The fourth-order valence-corrected chi connectivity index (χ4v) is 2.69. The molecule has 0 saturated heterocycles. The second kappa shape index (κ2) is 7.95. The van der Waals surface area contributed by atoms with Gasteiger partial charge in [-0.1, -0.05) is 33.9 Å². The number of hydrogen-bond donors (Lipinski definition) is 2. The molecule has 0 heterocycles. The Balaban J connectivity index is 2.98. The smallest absolute Gasteiger partial charge is 0.257 e. The van der Waals surface area contributed by atoms with Crippen LogP contribution < -0.4 is 11.1 Å². The van der Waals surface area contributed by atoms with Crippen LogP contribution in [-0.2, 0) is 4.79 Å². The predicted octanol–water partition coefficient (Wildman–Crippen LogP) is 3.13. The summed E-state index contributed by atoms with van der Waals surface area (Å²) >= 11 is 0. The molecule has 0 saturated carbocycles. The summed E-state index contributed by atoms with van der Waals surface area (Å²) in [6.07, 6.45) is -0.0853. The Kier molecular flexibility index (Phi) is 6.66. The maximum Gasteiger partial charge on any atom is 0.257 e. The number of nitrogens with one attached hydrogen (secondary N) is 1. The van der Waals surface area contributed by atoms with E-state index in [0.29, 0.717) is 12.1 Å². The van der Waals surface area contributed by atoms with Crippen LogP contribution in [0, 0.1) is 28.9 Å². The van der Waals surface area contributed by atoms with Crippen molar-refractivity contribution in [2.45, 2.75) is 51.4 Å². The highest BCUT2D eigenvalue weighted by Gasteiger charge is 2.33. The van der Waals surface area contributed by atoms with Crippen LogP contribution in [0.1, 0.15) is 37.6 Å². The van der Waals surface area contributed by atoms with E-state index in [9.17, 15) is 22.8 Å². The zero-order chi connectivity index (χ0) is 20.3. The van der Waals surface area contributed by atoms with E-state index in [1.807, 2.05) is 0 Å². The van der Waals surface area contributed by atoms with E-state index in [1.165, 1.54) is 0 Å². The first-order valence-electron chi connectivity index (χ1n) is 8.01. The summed E-state index contributed by atoms with van der Waals surface area (Å²) in [5.74, 6) is -3.10. The first kappa shape index (κ1) is 21.8. The maximum atomic E-state index is 13.7. The standard InChI is InChI=1S/C18H23F3N2O2Si/c1-18(2,3)26(4,5)8-6-7-14(16(22)24)23-17(25)15-12(20)9-11(19)10-13(15)21/h9-10,14H,7H2,1-5H3,(H2,22,24)(H,23,25)/t14-/m1/s1. The first-order chi connectivity index (χ1) is 11.8. The van der Waals surface area contributed by atoms with Crippen LogP contribution in [0.15, 0.2) is 12.1 Å². The number of halogens is 3. The lowest BCUT2D eigenvalue weighted by Gasteiger charge is -2.31. The Labute approximate surface area is 152 Å². The fourth-order valence-electron chi connectivity index (χ4n) is 1.77. The van der Waals surface area contributed by atoms with Crippen molar-refractivity contribution in [3.05, 3.63) is 35.1 Å². The quantitative estimate of drug-likeness (QED) is 0.618. The van der Waals surface area contributed by atoms with Gasteiger partial charge in [-0.2, -0.15) is 0 Å². The van der Waals surface area contributed by atoms with Crippen molar-refractivity contribution in [3.8, 4) is 11.5 Å². The van der Waals surface area contributed by atoms with Crippen molar-refractivity contribution in [1.82, 2.24) is 5.32 Å². The largest absolute Gasteiger partial charge is 0.368 e. The summed E-state index contributed by atoms with van der Waals surface area (Å²) in [4.78, 5) is 23.6. The van der Waals surface area contributed by atoms with Crippen LogP contribution in [0.3, 0.4) is 0 Å². The molecule has 1 atom stereocenters. The van der Waals surface area contributed by atoms with E-state index in [1.54, 1.807) is 0 Å². The van der Waals surface area contributed by atoms with Crippen molar-refractivity contribution in [3.63, 3.8) is 0 Å². The van der Waals surface area contributed by atoms with Crippen LogP contribution in [-0.4, -0.2) is 25.9 Å². The van der Waals surface area contributed by atoms with Gasteiger partial charge in [-0.3, -0.25) is 9.59 Å². The molecule has 142 valence electrons. The summed E-state index contributed by atoms with van der Waals surface area (Å²) in [5.41, 5.74) is 7.42. The SMILES string of the molecule is CC(C)(C)[Si](C)(C)C#CC[C@@H](NC(=O)c1c(F)cc(F)cc1F)C(N)=O. The van der Waals surface area contributed by atoms with E-state index < -0.39 is 48.9 Å². The zero-order valence-corrected chi connectivity index (χ0v) is 16.5. The van der Waals surface area contributed by atoms with Crippen molar-refractivity contribution in [1.29, 1.82) is 0 Å². The van der Waals surface area contributed by atoms with Gasteiger partial charge in [0.25, 0.3) is 5.91 Å². The molecule has 0 unspecified atom stereocenters. The number of benzene rings is 1. The third-order valence-electron chi connectivity index (χ3n) is 4.46. The molecule has 0 aliphatic heterocycles. The van der Waals surface area contributed by atoms with Gasteiger partial charge in [-0.25, -0.2) is 13.2 Å². The van der Waals surface area contributed by atoms with Gasteiger partial charge in [0.15, 0.2) is 0 Å². The Bertz CT molecular complexity index is 754. The lowest BCUT2D eigenvalue weighted by Crippen LogP contribution is -2.45. The van der Waals surface area contributed by atoms with Crippen LogP contribution in [0.25, 0.3) is 0 Å². The van der Waals surface area contributed by atoms with E-state index in [4.69, 9.17) is 5.73 Å². The molecule has 0 aliphatic carbocycles. The minimum atomic E-state index is -1.92. The number of carbonyl (C=O) groups is 2. The highest BCUT2D eigenvalue weighted by molar-refractivity contribution is 6.87. The maximum absolute atomic E-state index is 13.7. The molecule has 2 amide bonds. The highest BCUT2D eigenvalue weighted by atomic mass is 28.3. The molecule has 1 aromatic rings. The Morgan fingerprint density at radius 3 is 2.12 bits per heavy atom. The number of amides is 2. The van der Waals surface area contributed by atoms with Gasteiger partial charge in [0.1, 0.15) is 37.1 Å². The molecular formula is C18H23F3N2O2Si. The molecule has 0 spiro atoms. The second-order valence-corrected chi connectivity index (χ2v) is 12.6. The summed E-state index contributed by atoms with van der Waals surface area (Å²) in [7, 11) is -1.92. The van der Waals surface area contributed by atoms with Crippen molar-refractivity contribution >= 4 is 19.9 Å². The molecule has 0 radical (unpaired) electrons. The lowest BCUT2D eigenvalue weighted by atomic mass is 10.1. The molecule has 0 aromatic heterocycles. The second-order valence-electron chi connectivity index (χ2n) is 7.55. The lowest BCUT2D eigenvalue weighted by molar-refractivity contribution is -0.119. The Morgan fingerprint density at radius 2 is 1.69 bits per heavy atom. The summed E-state index contributed by atoms with van der Waals surface area (Å²) in [6, 6.07) is -0.452. The third-order valence-corrected chi connectivity index (χ3v) is 9.02. The molecule has 0 aliphatic rings. The van der Waals surface area contributed by atoms with E-state index in [0.717, 1.165) is 0 Å². The minimum absolute atomic E-state index is 0.00579. The van der Waals surface area contributed by atoms with Crippen LogP contribution >= 0.6 is 0 Å². The van der Waals surface area contributed by atoms with Gasteiger partial charge in [0, 0.05) is 18.6 Å². The van der Waals surface area contributed by atoms with E-state index in [2.05, 4.69) is 50.6 Å². The summed E-state index contributed by atoms with van der Waals surface area (Å²) < 4.78 is 40.3. The molecule has 4 nitrogen and oxygen atoms in total. The summed E-state index contributed by atoms with van der Waals surface area (Å²) in [6.45, 7) is 10.4. The first-order valence-corrected chi connectivity index (χ1v) is 11.0. The normalized spacial score (nSPS) is 12.8. The zero-order valence-electron chi connectivity index (χ0n) is 15.5. The number of hydrogen-bond acceptors (Lipinski definition) is 2. The fraction of sp³-hybridized carbons (Fsp3) is 0.444. The van der Waals surface area contributed by atoms with Crippen molar-refractivity contribution in [2.24, 2.45) is 5.73 Å². The number of carbonyl (C=O) groups excluding carboxylic acids is 2. The van der Waals surface area contributed by atoms with Gasteiger partial charge in [0.05, 0.1) is 0 Å². The molecule has 0 bridgehead atoms. The number of primary amides is 1. The molecule has 0 fully saturated rings. The average molecular weight is 384 g/mol. The van der Waals surface area contributed by atoms with Gasteiger partial charge in [0.2, 0.25) is 5.91 Å². The molecule has 26 heavy (non-hydrogen) atoms. The summed E-state index contributed by atoms with van der Waals surface area (Å²) in [5, 5.41) is 2.16. The van der Waals surface area contributed by atoms with Gasteiger partial charge >= 0.3 is 0 Å². The Morgan fingerprint density at radius 1 is 1.19 bits per heavy atom. The molecule has 1 rings (SSSR count). The van der Waals surface area contributed by atoms with E-state index >= 15 is 0 Å². The molecule has 1 aromatic carbocycles. The molecule has 3 N–H and O–H groups in total. The van der Waals surface area contributed by atoms with Crippen LogP contribution in [0.5, 0.6) is 0 Å². The minimum Gasteiger partial charge on any atom is -0.368 e. The van der Waals surface area contributed by atoms with Gasteiger partial charge in [-0.15, -0.1) is 11.5 Å². The molecular weight excluding hydrogens is 361 g/mol. The number of rotatable bonds is 4. The van der Waals surface area contributed by atoms with Crippen molar-refractivity contribution < 1.29 is 22.8 Å². The van der Waals surface area contributed by atoms with Gasteiger partial charge < -0.3 is 11.1 Å². The highest BCUT2D eigenvalue weighted by Crippen LogP contribution is 2.35. The average Bonchev–Trinajstić information content (AvgIpc) is 2.43. The number of nitrogens with two attached hydrogens (primary N) is 1. The van der Waals surface area contributed by atoms with Crippen molar-refractivity contribution in [2.75, 3.05) is 0 Å². The third kappa shape index (κ3) is 5.36.